The van der Waals surface area contributed by atoms with Gasteiger partial charge >= 0.3 is 10.3 Å². The van der Waals surface area contributed by atoms with Crippen LogP contribution >= 0.6 is 0 Å². The Morgan fingerprint density at radius 3 is 2.57 bits per heavy atom. The lowest BCUT2D eigenvalue weighted by Gasteiger charge is -2.50. The van der Waals surface area contributed by atoms with Crippen molar-refractivity contribution in [2.75, 3.05) is 19.7 Å². The second kappa shape index (κ2) is 11.5. The summed E-state index contributed by atoms with van der Waals surface area (Å²) >= 11 is 0. The van der Waals surface area contributed by atoms with Crippen molar-refractivity contribution in [1.82, 2.24) is 4.31 Å². The predicted molar refractivity (Wildman–Crippen MR) is 139 cm³/mol. The quantitative estimate of drug-likeness (QED) is 0.264. The minimum Gasteiger partial charge on any atom is -0.508 e. The zero-order chi connectivity index (χ0) is 25.1. The van der Waals surface area contributed by atoms with Gasteiger partial charge in [-0.1, -0.05) is 32.8 Å². The SMILES string of the molecule is CCCCCN(CCCCCO[C@H]1CC[C@H]2[C@@H]3CCc4cc(O)ccc4[C@H]3CC[C@]12C)S(=O)(=O)O. The first-order valence-electron chi connectivity index (χ1n) is 13.9. The van der Waals surface area contributed by atoms with Gasteiger partial charge in [-0.15, -0.1) is 0 Å². The molecule has 0 aromatic heterocycles. The Bertz CT molecular complexity index is 951. The number of ether oxygens (including phenoxy) is 1. The number of fused-ring (bicyclic) bond motifs is 5. The van der Waals surface area contributed by atoms with E-state index in [1.165, 1.54) is 41.1 Å². The van der Waals surface area contributed by atoms with E-state index in [-0.39, 0.29) is 5.41 Å². The van der Waals surface area contributed by atoms with Crippen molar-refractivity contribution in [3.05, 3.63) is 29.3 Å². The fourth-order valence-corrected chi connectivity index (χ4v) is 8.19. The molecule has 4 rings (SSSR count). The summed E-state index contributed by atoms with van der Waals surface area (Å²) in [7, 11) is -4.11. The van der Waals surface area contributed by atoms with Gasteiger partial charge in [0.1, 0.15) is 5.75 Å². The van der Waals surface area contributed by atoms with Gasteiger partial charge in [0.15, 0.2) is 0 Å². The molecule has 5 atom stereocenters. The molecule has 0 amide bonds. The maximum absolute atomic E-state index is 11.6. The molecule has 0 saturated heterocycles. The number of rotatable bonds is 12. The molecule has 2 saturated carbocycles. The lowest BCUT2D eigenvalue weighted by Crippen LogP contribution is -2.44. The summed E-state index contributed by atoms with van der Waals surface area (Å²) in [6.07, 6.45) is 12.8. The van der Waals surface area contributed by atoms with Gasteiger partial charge in [0.05, 0.1) is 6.10 Å². The standard InChI is InChI=1S/C28H45NO5S/c1-3-4-6-17-29(35(31,32)33)18-7-5-8-19-34-27-14-13-26-25-11-9-21-20-22(30)10-12-23(21)24(25)15-16-28(26,27)2/h10,12,20,24-27,30H,3-9,11,13-19H2,1-2H3,(H,31,32,33)/t24-,25-,26+,27+,28+/m1/s1. The molecule has 0 heterocycles. The molecule has 0 unspecified atom stereocenters. The molecule has 0 spiro atoms. The molecule has 3 aliphatic rings. The second-order valence-corrected chi connectivity index (χ2v) is 12.8. The Kier molecular flexibility index (Phi) is 8.83. The topological polar surface area (TPSA) is 87.1 Å². The van der Waals surface area contributed by atoms with Gasteiger partial charge in [-0.3, -0.25) is 4.55 Å². The number of nitrogens with zero attached hydrogens (tertiary/aromatic N) is 1. The number of hydrogen-bond acceptors (Lipinski definition) is 4. The number of aromatic hydroxyl groups is 1. The van der Waals surface area contributed by atoms with Crippen LogP contribution in [0.25, 0.3) is 0 Å². The first-order chi connectivity index (χ1) is 16.7. The number of aryl methyl sites for hydroxylation is 1. The smallest absolute Gasteiger partial charge is 0.335 e. The van der Waals surface area contributed by atoms with E-state index >= 15 is 0 Å². The molecule has 2 fully saturated rings. The van der Waals surface area contributed by atoms with Crippen LogP contribution in [-0.2, 0) is 21.5 Å². The van der Waals surface area contributed by atoms with Gasteiger partial charge in [0.25, 0.3) is 0 Å². The lowest BCUT2D eigenvalue weighted by molar-refractivity contribution is -0.0647. The van der Waals surface area contributed by atoms with Crippen molar-refractivity contribution in [3.63, 3.8) is 0 Å². The van der Waals surface area contributed by atoms with Crippen LogP contribution in [0, 0.1) is 17.3 Å². The van der Waals surface area contributed by atoms with Crippen LogP contribution in [0.5, 0.6) is 5.75 Å². The van der Waals surface area contributed by atoms with Crippen molar-refractivity contribution in [1.29, 1.82) is 0 Å². The van der Waals surface area contributed by atoms with Crippen molar-refractivity contribution in [3.8, 4) is 5.75 Å². The number of phenols is 1. The highest BCUT2D eigenvalue weighted by Crippen LogP contribution is 2.61. The highest BCUT2D eigenvalue weighted by atomic mass is 32.2. The van der Waals surface area contributed by atoms with Gasteiger partial charge in [0.2, 0.25) is 0 Å². The largest absolute Gasteiger partial charge is 0.508 e. The third-order valence-corrected chi connectivity index (χ3v) is 10.3. The van der Waals surface area contributed by atoms with Crippen LogP contribution in [0.15, 0.2) is 18.2 Å². The number of unbranched alkanes of at least 4 members (excludes halogenated alkanes) is 4. The van der Waals surface area contributed by atoms with Gasteiger partial charge < -0.3 is 9.84 Å². The van der Waals surface area contributed by atoms with E-state index in [0.717, 1.165) is 63.9 Å². The van der Waals surface area contributed by atoms with Gasteiger partial charge in [-0.05, 0) is 111 Å². The third-order valence-electron chi connectivity index (χ3n) is 9.33. The first-order valence-corrected chi connectivity index (χ1v) is 15.3. The molecule has 198 valence electrons. The van der Waals surface area contributed by atoms with Gasteiger partial charge in [0, 0.05) is 19.7 Å². The Morgan fingerprint density at radius 2 is 1.83 bits per heavy atom. The second-order valence-electron chi connectivity index (χ2n) is 11.4. The van der Waals surface area contributed by atoms with E-state index in [0.29, 0.717) is 36.8 Å². The van der Waals surface area contributed by atoms with Crippen molar-refractivity contribution in [2.24, 2.45) is 17.3 Å². The fraction of sp³-hybridized carbons (Fsp3) is 0.786. The summed E-state index contributed by atoms with van der Waals surface area (Å²) < 4.78 is 40.4. The molecule has 2 N–H and O–H groups in total. The third kappa shape index (κ3) is 6.06. The zero-order valence-corrected chi connectivity index (χ0v) is 22.4. The molecular formula is C28H45NO5S. The van der Waals surface area contributed by atoms with Gasteiger partial charge in [-0.2, -0.15) is 12.7 Å². The molecule has 0 aliphatic heterocycles. The Hall–Kier alpha value is -1.15. The summed E-state index contributed by atoms with van der Waals surface area (Å²) in [5, 5.41) is 9.90. The summed E-state index contributed by atoms with van der Waals surface area (Å²) in [6, 6.07) is 6.00. The summed E-state index contributed by atoms with van der Waals surface area (Å²) in [5.41, 5.74) is 3.06. The van der Waals surface area contributed by atoms with Crippen LogP contribution in [0.1, 0.15) is 102 Å². The summed E-state index contributed by atoms with van der Waals surface area (Å²) in [6.45, 7) is 6.05. The van der Waals surface area contributed by atoms with E-state index in [9.17, 15) is 18.1 Å². The van der Waals surface area contributed by atoms with Crippen LogP contribution in [-0.4, -0.2) is 48.2 Å². The Labute approximate surface area is 212 Å². The number of hydrogen-bond donors (Lipinski definition) is 2. The predicted octanol–water partition coefficient (Wildman–Crippen LogP) is 6.10. The van der Waals surface area contributed by atoms with E-state index in [1.54, 1.807) is 0 Å². The normalized spacial score (nSPS) is 30.2. The highest BCUT2D eigenvalue weighted by Gasteiger charge is 2.55. The molecule has 35 heavy (non-hydrogen) atoms. The molecule has 6 nitrogen and oxygen atoms in total. The molecule has 7 heteroatoms. The van der Waals surface area contributed by atoms with E-state index in [4.69, 9.17) is 4.74 Å². The van der Waals surface area contributed by atoms with Crippen LogP contribution < -0.4 is 0 Å². The molecule has 1 aromatic rings. The average Bonchev–Trinajstić information content (AvgIpc) is 3.15. The van der Waals surface area contributed by atoms with Crippen molar-refractivity contribution < 1.29 is 22.8 Å². The molecular weight excluding hydrogens is 462 g/mol. The molecule has 3 aliphatic carbocycles. The lowest BCUT2D eigenvalue weighted by atomic mass is 9.55. The van der Waals surface area contributed by atoms with Gasteiger partial charge in [-0.25, -0.2) is 0 Å². The average molecular weight is 508 g/mol. The maximum Gasteiger partial charge on any atom is 0.335 e. The molecule has 1 aromatic carbocycles. The monoisotopic (exact) mass is 507 g/mol. The molecule has 0 radical (unpaired) electrons. The fourth-order valence-electron chi connectivity index (χ4n) is 7.47. The number of phenolic OH excluding ortho intramolecular Hbond substituents is 1. The van der Waals surface area contributed by atoms with Crippen LogP contribution in [0.3, 0.4) is 0 Å². The Morgan fingerprint density at radius 1 is 1.06 bits per heavy atom. The molecule has 0 bridgehead atoms. The Balaban J connectivity index is 1.23. The highest BCUT2D eigenvalue weighted by molar-refractivity contribution is 7.83. The summed E-state index contributed by atoms with van der Waals surface area (Å²) in [4.78, 5) is 0. The van der Waals surface area contributed by atoms with E-state index in [1.807, 2.05) is 12.1 Å². The van der Waals surface area contributed by atoms with E-state index < -0.39 is 10.3 Å². The minimum absolute atomic E-state index is 0.247. The van der Waals surface area contributed by atoms with Crippen LogP contribution in [0.2, 0.25) is 0 Å². The minimum atomic E-state index is -4.11. The summed E-state index contributed by atoms with van der Waals surface area (Å²) in [5.74, 6) is 2.44. The maximum atomic E-state index is 11.6. The number of benzene rings is 1. The van der Waals surface area contributed by atoms with E-state index in [2.05, 4.69) is 19.9 Å². The van der Waals surface area contributed by atoms with Crippen molar-refractivity contribution in [2.45, 2.75) is 103 Å². The first kappa shape index (κ1) is 26.9. The zero-order valence-electron chi connectivity index (χ0n) is 21.6. The van der Waals surface area contributed by atoms with Crippen LogP contribution in [0.4, 0.5) is 0 Å². The van der Waals surface area contributed by atoms with Crippen molar-refractivity contribution >= 4 is 10.3 Å².